The molecule has 0 unspecified atom stereocenters. The predicted molar refractivity (Wildman–Crippen MR) is 102 cm³/mol. The second-order valence-corrected chi connectivity index (χ2v) is 7.10. The van der Waals surface area contributed by atoms with E-state index in [4.69, 9.17) is 10.5 Å². The highest BCUT2D eigenvalue weighted by Crippen LogP contribution is 2.28. The first-order valence-electron chi connectivity index (χ1n) is 7.79. The summed E-state index contributed by atoms with van der Waals surface area (Å²) in [6.07, 6.45) is -1.12. The van der Waals surface area contributed by atoms with Gasteiger partial charge in [-0.2, -0.15) is 0 Å². The van der Waals surface area contributed by atoms with E-state index < -0.39 is 18.0 Å². The molecule has 3 rings (SSSR count). The van der Waals surface area contributed by atoms with Gasteiger partial charge in [0.1, 0.15) is 0 Å². The summed E-state index contributed by atoms with van der Waals surface area (Å²) < 4.78 is 5.42. The third-order valence-electron chi connectivity index (χ3n) is 3.55. The molecule has 2 aromatic carbocycles. The number of primary amides is 1. The second kappa shape index (κ2) is 8.64. The van der Waals surface area contributed by atoms with Crippen molar-refractivity contribution in [3.05, 3.63) is 82.3 Å². The first-order valence-corrected chi connectivity index (χ1v) is 9.72. The number of esters is 1. The topological polar surface area (TPSA) is 82.3 Å². The molecule has 0 fully saturated rings. The van der Waals surface area contributed by atoms with Crippen molar-refractivity contribution in [1.82, 2.24) is 4.98 Å². The zero-order valence-electron chi connectivity index (χ0n) is 13.7. The van der Waals surface area contributed by atoms with Crippen LogP contribution in [0.3, 0.4) is 0 Å². The van der Waals surface area contributed by atoms with Gasteiger partial charge in [-0.3, -0.25) is 4.79 Å². The average molecular weight is 384 g/mol. The lowest BCUT2D eigenvalue weighted by Gasteiger charge is -2.16. The maximum atomic E-state index is 12.7. The van der Waals surface area contributed by atoms with Crippen LogP contribution in [0, 0.1) is 0 Å². The van der Waals surface area contributed by atoms with Crippen LogP contribution in [-0.4, -0.2) is 16.9 Å². The van der Waals surface area contributed by atoms with E-state index >= 15 is 0 Å². The number of carbonyl (C=O) groups is 2. The number of amides is 1. The van der Waals surface area contributed by atoms with Crippen LogP contribution < -0.4 is 5.73 Å². The molecule has 3 aromatic rings. The first-order chi connectivity index (χ1) is 12.6. The number of rotatable bonds is 7. The molecule has 7 heteroatoms. The Kier molecular flexibility index (Phi) is 6.04. The lowest BCUT2D eigenvalue weighted by Crippen LogP contribution is -2.26. The van der Waals surface area contributed by atoms with Gasteiger partial charge in [0.25, 0.3) is 5.91 Å². The van der Waals surface area contributed by atoms with Crippen molar-refractivity contribution >= 4 is 35.0 Å². The van der Waals surface area contributed by atoms with E-state index in [-0.39, 0.29) is 0 Å². The van der Waals surface area contributed by atoms with Crippen molar-refractivity contribution in [3.63, 3.8) is 0 Å². The van der Waals surface area contributed by atoms with Gasteiger partial charge in [-0.25, -0.2) is 9.78 Å². The molecule has 1 heterocycles. The average Bonchev–Trinajstić information content (AvgIpc) is 3.18. The molecule has 0 saturated heterocycles. The van der Waals surface area contributed by atoms with Crippen LogP contribution in [-0.2, 0) is 15.3 Å². The van der Waals surface area contributed by atoms with E-state index in [0.29, 0.717) is 16.9 Å². The number of carbonyl (C=O) groups excluding carboxylic acids is 2. The lowest BCUT2D eigenvalue weighted by atomic mass is 10.1. The number of aromatic nitrogens is 1. The molecular weight excluding hydrogens is 368 g/mol. The Hall–Kier alpha value is -2.64. The molecule has 0 spiro atoms. The van der Waals surface area contributed by atoms with Crippen LogP contribution in [0.25, 0.3) is 0 Å². The van der Waals surface area contributed by atoms with Crippen molar-refractivity contribution in [2.75, 3.05) is 0 Å². The zero-order chi connectivity index (χ0) is 18.4. The Bertz CT molecular complexity index is 883. The molecule has 2 N–H and O–H groups in total. The molecule has 0 saturated carbocycles. The SMILES string of the molecule is NC(=O)[C@H](OC(=O)c1ccccc1SCc1cscn1)c1ccccc1. The Labute approximate surface area is 159 Å². The van der Waals surface area contributed by atoms with E-state index in [2.05, 4.69) is 4.98 Å². The number of thiazole rings is 1. The first kappa shape index (κ1) is 18.2. The van der Waals surface area contributed by atoms with Crippen LogP contribution in [0.5, 0.6) is 0 Å². The highest BCUT2D eigenvalue weighted by molar-refractivity contribution is 7.98. The fraction of sp³-hybridized carbons (Fsp3) is 0.105. The molecule has 1 amide bonds. The van der Waals surface area contributed by atoms with Crippen molar-refractivity contribution in [2.24, 2.45) is 5.73 Å². The van der Waals surface area contributed by atoms with Gasteiger partial charge in [-0.1, -0.05) is 42.5 Å². The van der Waals surface area contributed by atoms with Gasteiger partial charge in [0.15, 0.2) is 0 Å². The summed E-state index contributed by atoms with van der Waals surface area (Å²) in [6, 6.07) is 15.9. The molecule has 0 aliphatic heterocycles. The zero-order valence-corrected chi connectivity index (χ0v) is 15.3. The van der Waals surface area contributed by atoms with Gasteiger partial charge >= 0.3 is 5.97 Å². The molecule has 0 radical (unpaired) electrons. The molecule has 0 aliphatic carbocycles. The van der Waals surface area contributed by atoms with Crippen molar-refractivity contribution < 1.29 is 14.3 Å². The summed E-state index contributed by atoms with van der Waals surface area (Å²) in [7, 11) is 0. The third-order valence-corrected chi connectivity index (χ3v) is 5.29. The summed E-state index contributed by atoms with van der Waals surface area (Å²) in [5.41, 5.74) is 9.09. The second-order valence-electron chi connectivity index (χ2n) is 5.36. The number of nitrogens with two attached hydrogens (primary N) is 1. The normalized spacial score (nSPS) is 11.7. The molecule has 0 bridgehead atoms. The monoisotopic (exact) mass is 384 g/mol. The summed E-state index contributed by atoms with van der Waals surface area (Å²) in [4.78, 5) is 29.4. The molecule has 1 aromatic heterocycles. The van der Waals surface area contributed by atoms with Crippen molar-refractivity contribution in [1.29, 1.82) is 0 Å². The van der Waals surface area contributed by atoms with Gasteiger partial charge in [0.2, 0.25) is 6.10 Å². The van der Waals surface area contributed by atoms with Gasteiger partial charge in [-0.15, -0.1) is 23.1 Å². The Morgan fingerprint density at radius 2 is 1.85 bits per heavy atom. The highest BCUT2D eigenvalue weighted by Gasteiger charge is 2.24. The molecule has 5 nitrogen and oxygen atoms in total. The molecule has 0 aliphatic rings. The fourth-order valence-corrected chi connectivity index (χ4v) is 3.92. The number of ether oxygens (including phenoxy) is 1. The molecule has 132 valence electrons. The van der Waals surface area contributed by atoms with Crippen molar-refractivity contribution in [3.8, 4) is 0 Å². The van der Waals surface area contributed by atoms with Gasteiger partial charge in [-0.05, 0) is 12.1 Å². The Morgan fingerprint density at radius 1 is 1.12 bits per heavy atom. The summed E-state index contributed by atoms with van der Waals surface area (Å²) >= 11 is 3.02. The minimum atomic E-state index is -1.12. The van der Waals surface area contributed by atoms with Gasteiger partial charge in [0.05, 0.1) is 16.8 Å². The summed E-state index contributed by atoms with van der Waals surface area (Å²) in [6.45, 7) is 0. The maximum Gasteiger partial charge on any atom is 0.340 e. The van der Waals surface area contributed by atoms with E-state index in [9.17, 15) is 9.59 Å². The Balaban J connectivity index is 1.77. The number of hydrogen-bond donors (Lipinski definition) is 1. The number of benzene rings is 2. The maximum absolute atomic E-state index is 12.7. The van der Waals surface area contributed by atoms with Crippen LogP contribution in [0.4, 0.5) is 0 Å². The smallest absolute Gasteiger partial charge is 0.340 e. The van der Waals surface area contributed by atoms with Crippen LogP contribution >= 0.6 is 23.1 Å². The predicted octanol–water partition coefficient (Wildman–Crippen LogP) is 3.82. The standard InChI is InChI=1S/C19H16N2O3S2/c20-18(22)17(13-6-2-1-3-7-13)24-19(23)15-8-4-5-9-16(15)26-11-14-10-25-12-21-14/h1-10,12,17H,11H2,(H2,20,22)/t17-/m1/s1. The Morgan fingerprint density at radius 3 is 2.54 bits per heavy atom. The van der Waals surface area contributed by atoms with Gasteiger partial charge < -0.3 is 10.5 Å². The van der Waals surface area contributed by atoms with E-state index in [1.165, 1.54) is 23.1 Å². The quantitative estimate of drug-likeness (QED) is 0.495. The molecular formula is C19H16N2O3S2. The number of nitrogens with zero attached hydrogens (tertiary/aromatic N) is 1. The van der Waals surface area contributed by atoms with E-state index in [1.807, 2.05) is 23.6 Å². The fourth-order valence-electron chi connectivity index (χ4n) is 2.31. The number of thioether (sulfide) groups is 1. The molecule has 1 atom stereocenters. The van der Waals surface area contributed by atoms with Crippen molar-refractivity contribution in [2.45, 2.75) is 16.8 Å². The minimum Gasteiger partial charge on any atom is -0.444 e. The van der Waals surface area contributed by atoms with Crippen LogP contribution in [0.1, 0.15) is 27.7 Å². The highest BCUT2D eigenvalue weighted by atomic mass is 32.2. The minimum absolute atomic E-state index is 0.398. The van der Waals surface area contributed by atoms with E-state index in [1.54, 1.807) is 41.9 Å². The molecule has 26 heavy (non-hydrogen) atoms. The number of hydrogen-bond acceptors (Lipinski definition) is 6. The lowest BCUT2D eigenvalue weighted by molar-refractivity contribution is -0.127. The van der Waals surface area contributed by atoms with E-state index in [0.717, 1.165) is 10.6 Å². The summed E-state index contributed by atoms with van der Waals surface area (Å²) in [5, 5.41) is 1.96. The van der Waals surface area contributed by atoms with Gasteiger partial charge in [0, 0.05) is 21.6 Å². The summed E-state index contributed by atoms with van der Waals surface area (Å²) in [5.74, 6) is -0.651. The van der Waals surface area contributed by atoms with Crippen LogP contribution in [0.2, 0.25) is 0 Å². The largest absolute Gasteiger partial charge is 0.444 e. The van der Waals surface area contributed by atoms with Crippen LogP contribution in [0.15, 0.2) is 70.4 Å². The third kappa shape index (κ3) is 4.50.